The lowest BCUT2D eigenvalue weighted by atomic mass is 9.92. The molecule has 0 saturated carbocycles. The lowest BCUT2D eigenvalue weighted by molar-refractivity contribution is 0.135. The highest BCUT2D eigenvalue weighted by atomic mass is 35.5. The van der Waals surface area contributed by atoms with Crippen LogP contribution in [0.5, 0.6) is 11.5 Å². The van der Waals surface area contributed by atoms with E-state index in [1.165, 1.54) is 0 Å². The number of ether oxygens (including phenoxy) is 2. The highest BCUT2D eigenvalue weighted by Gasteiger charge is 2.36. The van der Waals surface area contributed by atoms with Gasteiger partial charge >= 0.3 is 6.09 Å². The molecule has 2 atom stereocenters. The average molecular weight is 595 g/mol. The molecule has 1 fully saturated rings. The first-order chi connectivity index (χ1) is 20.0. The van der Waals surface area contributed by atoms with E-state index in [9.17, 15) is 9.90 Å². The van der Waals surface area contributed by atoms with Crippen LogP contribution in [-0.2, 0) is 6.42 Å². The van der Waals surface area contributed by atoms with E-state index in [2.05, 4.69) is 9.88 Å². The molecule has 2 N–H and O–H groups in total. The number of aliphatic hydroxyl groups is 1. The quantitative estimate of drug-likeness (QED) is 0.222. The third-order valence-electron chi connectivity index (χ3n) is 8.05. The Morgan fingerprint density at radius 1 is 0.976 bits per heavy atom. The van der Waals surface area contributed by atoms with Gasteiger partial charge in [-0.3, -0.25) is 4.90 Å². The van der Waals surface area contributed by atoms with Crippen LogP contribution in [0.15, 0.2) is 66.7 Å². The minimum Gasteiger partial charge on any atom is -0.494 e. The molecule has 7 nitrogen and oxygen atoms in total. The van der Waals surface area contributed by atoms with E-state index in [0.29, 0.717) is 41.3 Å². The Bertz CT molecular complexity index is 1510. The third-order valence-corrected chi connectivity index (χ3v) is 8.54. The molecule has 2 unspecified atom stereocenters. The number of halogens is 2. The minimum atomic E-state index is -0.426. The Labute approximate surface area is 249 Å². The highest BCUT2D eigenvalue weighted by Crippen LogP contribution is 2.40. The van der Waals surface area contributed by atoms with Crippen LogP contribution in [0.2, 0.25) is 10.0 Å². The number of hydrogen-bond acceptors (Lipinski definition) is 5. The van der Waals surface area contributed by atoms with E-state index in [1.807, 2.05) is 42.5 Å². The molecule has 2 aliphatic rings. The molecular weight excluding hydrogens is 561 g/mol. The van der Waals surface area contributed by atoms with Crippen molar-refractivity contribution in [1.29, 1.82) is 0 Å². The van der Waals surface area contributed by atoms with Crippen molar-refractivity contribution in [3.8, 4) is 11.5 Å². The fraction of sp³-hybridized carbons (Fsp3) is 0.344. The fourth-order valence-electron chi connectivity index (χ4n) is 5.96. The lowest BCUT2D eigenvalue weighted by Crippen LogP contribution is -2.42. The highest BCUT2D eigenvalue weighted by molar-refractivity contribution is 6.31. The summed E-state index contributed by atoms with van der Waals surface area (Å²) in [7, 11) is 0. The molecule has 214 valence electrons. The summed E-state index contributed by atoms with van der Waals surface area (Å²) in [5, 5.41) is 11.7. The first-order valence-corrected chi connectivity index (χ1v) is 14.8. The van der Waals surface area contributed by atoms with Crippen molar-refractivity contribution in [3.63, 3.8) is 0 Å². The van der Waals surface area contributed by atoms with Crippen LogP contribution in [0.1, 0.15) is 35.7 Å². The second kappa shape index (κ2) is 12.3. The molecule has 0 bridgehead atoms. The van der Waals surface area contributed by atoms with Crippen LogP contribution in [0.3, 0.4) is 0 Å². The van der Waals surface area contributed by atoms with E-state index in [0.717, 1.165) is 65.9 Å². The van der Waals surface area contributed by atoms with Crippen LogP contribution in [0, 0.1) is 5.92 Å². The van der Waals surface area contributed by atoms with Gasteiger partial charge in [0.15, 0.2) is 0 Å². The fourth-order valence-corrected chi connectivity index (χ4v) is 6.25. The van der Waals surface area contributed by atoms with Crippen molar-refractivity contribution >= 4 is 40.2 Å². The van der Waals surface area contributed by atoms with Gasteiger partial charge < -0.3 is 24.5 Å². The summed E-state index contributed by atoms with van der Waals surface area (Å²) < 4.78 is 11.8. The number of H-pyrrole nitrogens is 1. The Morgan fingerprint density at radius 2 is 1.73 bits per heavy atom. The first-order valence-electron chi connectivity index (χ1n) is 14.1. The largest absolute Gasteiger partial charge is 0.494 e. The number of nitrogens with zero attached hydrogens (tertiary/aromatic N) is 2. The lowest BCUT2D eigenvalue weighted by Gasteiger charge is -2.35. The molecule has 0 radical (unpaired) electrons. The Kier molecular flexibility index (Phi) is 8.40. The van der Waals surface area contributed by atoms with Crippen molar-refractivity contribution in [2.24, 2.45) is 5.92 Å². The van der Waals surface area contributed by atoms with Gasteiger partial charge in [0.05, 0.1) is 6.61 Å². The van der Waals surface area contributed by atoms with Gasteiger partial charge in [0.25, 0.3) is 0 Å². The van der Waals surface area contributed by atoms with E-state index < -0.39 is 6.09 Å². The molecule has 9 heteroatoms. The second-order valence-corrected chi connectivity index (χ2v) is 11.7. The summed E-state index contributed by atoms with van der Waals surface area (Å²) in [6, 6.07) is 20.2. The molecule has 1 saturated heterocycles. The summed E-state index contributed by atoms with van der Waals surface area (Å²) >= 11 is 12.4. The number of fused-ring (bicyclic) bond motifs is 3. The predicted octanol–water partition coefficient (Wildman–Crippen LogP) is 6.70. The van der Waals surface area contributed by atoms with Crippen LogP contribution in [0.25, 0.3) is 10.9 Å². The number of rotatable bonds is 8. The summed E-state index contributed by atoms with van der Waals surface area (Å²) in [6.07, 6.45) is 2.24. The molecule has 1 amide bonds. The maximum Gasteiger partial charge on any atom is 0.416 e. The number of aliphatic hydroxyl groups excluding tert-OH is 1. The van der Waals surface area contributed by atoms with Gasteiger partial charge in [0.1, 0.15) is 17.5 Å². The SMILES string of the molecule is O=C(Oc1ccc(Cl)cc1)N1CCc2c([nH]c3ccc(Cl)cc23)C1c1ccc(OCCCN2CCC(CO)C2)cc1. The summed E-state index contributed by atoms with van der Waals surface area (Å²) in [5.74, 6) is 1.64. The average Bonchev–Trinajstić information content (AvgIpc) is 3.60. The molecule has 2 aliphatic heterocycles. The Balaban J connectivity index is 1.20. The number of carbonyl (C=O) groups excluding carboxylic acids is 1. The molecule has 3 heterocycles. The Morgan fingerprint density at radius 3 is 2.49 bits per heavy atom. The van der Waals surface area contributed by atoms with E-state index in [-0.39, 0.29) is 12.6 Å². The van der Waals surface area contributed by atoms with Crippen molar-refractivity contribution in [2.75, 3.05) is 39.4 Å². The van der Waals surface area contributed by atoms with Crippen LogP contribution >= 0.6 is 23.2 Å². The maximum absolute atomic E-state index is 13.5. The number of hydrogen-bond donors (Lipinski definition) is 2. The number of likely N-dealkylation sites (tertiary alicyclic amines) is 1. The van der Waals surface area contributed by atoms with E-state index >= 15 is 0 Å². The third kappa shape index (κ3) is 6.19. The molecular formula is C32H33Cl2N3O4. The van der Waals surface area contributed by atoms with Gasteiger partial charge in [0, 0.05) is 52.9 Å². The summed E-state index contributed by atoms with van der Waals surface area (Å²) in [6.45, 7) is 4.36. The van der Waals surface area contributed by atoms with Crippen molar-refractivity contribution in [3.05, 3.63) is 93.6 Å². The van der Waals surface area contributed by atoms with Crippen LogP contribution in [0.4, 0.5) is 4.79 Å². The molecule has 0 aliphatic carbocycles. The van der Waals surface area contributed by atoms with Crippen molar-refractivity contribution < 1.29 is 19.4 Å². The molecule has 0 spiro atoms. The monoisotopic (exact) mass is 593 g/mol. The first kappa shape index (κ1) is 27.9. The number of amides is 1. The van der Waals surface area contributed by atoms with Gasteiger partial charge in [-0.1, -0.05) is 35.3 Å². The normalized spacial score (nSPS) is 19.0. The predicted molar refractivity (Wildman–Crippen MR) is 161 cm³/mol. The zero-order valence-electron chi connectivity index (χ0n) is 22.7. The molecule has 6 rings (SSSR count). The number of aromatic amines is 1. The van der Waals surface area contributed by atoms with Crippen LogP contribution < -0.4 is 9.47 Å². The maximum atomic E-state index is 13.5. The molecule has 3 aromatic carbocycles. The van der Waals surface area contributed by atoms with Gasteiger partial charge in [-0.2, -0.15) is 0 Å². The zero-order chi connectivity index (χ0) is 28.3. The van der Waals surface area contributed by atoms with Crippen LogP contribution in [-0.4, -0.2) is 65.4 Å². The van der Waals surface area contributed by atoms with Gasteiger partial charge in [-0.25, -0.2) is 4.79 Å². The van der Waals surface area contributed by atoms with E-state index in [1.54, 1.807) is 29.2 Å². The minimum absolute atomic E-state index is 0.268. The number of aromatic nitrogens is 1. The topological polar surface area (TPSA) is 78.0 Å². The smallest absolute Gasteiger partial charge is 0.416 e. The van der Waals surface area contributed by atoms with Gasteiger partial charge in [-0.15, -0.1) is 0 Å². The van der Waals surface area contributed by atoms with Gasteiger partial charge in [0.2, 0.25) is 0 Å². The summed E-state index contributed by atoms with van der Waals surface area (Å²) in [5.41, 5.74) is 4.06. The van der Waals surface area contributed by atoms with Crippen molar-refractivity contribution in [1.82, 2.24) is 14.8 Å². The van der Waals surface area contributed by atoms with Crippen molar-refractivity contribution in [2.45, 2.75) is 25.3 Å². The molecule has 41 heavy (non-hydrogen) atoms. The molecule has 1 aromatic heterocycles. The summed E-state index contributed by atoms with van der Waals surface area (Å²) in [4.78, 5) is 21.2. The number of carbonyl (C=O) groups is 1. The standard InChI is InChI=1S/C32H33Cl2N3O4/c33-23-4-9-26(10-5-23)41-32(39)37-16-13-27-28-18-24(34)6-11-29(28)35-30(27)31(37)22-2-7-25(8-3-22)40-17-1-14-36-15-12-21(19-36)20-38/h2-11,18,21,31,35,38H,1,12-17,19-20H2. The zero-order valence-corrected chi connectivity index (χ0v) is 24.2. The molecule has 4 aromatic rings. The van der Waals surface area contributed by atoms with Gasteiger partial charge in [-0.05, 0) is 97.4 Å². The Hall–Kier alpha value is -3.23. The number of nitrogens with one attached hydrogen (secondary N) is 1. The number of benzene rings is 3. The second-order valence-electron chi connectivity index (χ2n) is 10.8. The van der Waals surface area contributed by atoms with E-state index in [4.69, 9.17) is 32.7 Å².